The predicted molar refractivity (Wildman–Crippen MR) is 117 cm³/mol. The molecule has 3 aromatic rings. The van der Waals surface area contributed by atoms with Crippen molar-refractivity contribution < 1.29 is 31.8 Å². The van der Waals surface area contributed by atoms with Crippen molar-refractivity contribution >= 4 is 21.9 Å². The van der Waals surface area contributed by atoms with Gasteiger partial charge in [0.2, 0.25) is 10.0 Å². The van der Waals surface area contributed by atoms with Crippen molar-refractivity contribution in [1.29, 1.82) is 0 Å². The number of aromatic nitrogens is 2. The van der Waals surface area contributed by atoms with E-state index in [1.165, 1.54) is 42.8 Å². The molecule has 1 aromatic heterocycles. The Kier molecular flexibility index (Phi) is 6.58. The van der Waals surface area contributed by atoms with Gasteiger partial charge in [0.1, 0.15) is 0 Å². The van der Waals surface area contributed by atoms with Crippen molar-refractivity contribution in [2.24, 2.45) is 0 Å². The van der Waals surface area contributed by atoms with Crippen LogP contribution in [0.4, 0.5) is 6.01 Å². The second-order valence-corrected chi connectivity index (χ2v) is 8.89. The number of methoxy groups -OCH3 is 2. The van der Waals surface area contributed by atoms with Crippen LogP contribution in [0.25, 0.3) is 11.5 Å². The lowest BCUT2D eigenvalue weighted by atomic mass is 10.2. The number of para-hydroxylation sites is 1. The summed E-state index contributed by atoms with van der Waals surface area (Å²) in [5, 5.41) is 10.3. The number of hydrogen-bond donors (Lipinski definition) is 1. The Balaban J connectivity index is 1.48. The van der Waals surface area contributed by atoms with Crippen LogP contribution in [0.1, 0.15) is 10.4 Å². The Hall–Kier alpha value is -3.48. The lowest BCUT2D eigenvalue weighted by molar-refractivity contribution is 0.0730. The summed E-state index contributed by atoms with van der Waals surface area (Å²) < 4.78 is 48.2. The quantitative estimate of drug-likeness (QED) is 0.546. The summed E-state index contributed by atoms with van der Waals surface area (Å²) in [5.41, 5.74) is 0.733. The van der Waals surface area contributed by atoms with E-state index in [1.807, 2.05) is 0 Å². The highest BCUT2D eigenvalue weighted by Crippen LogP contribution is 2.37. The van der Waals surface area contributed by atoms with E-state index in [9.17, 15) is 13.2 Å². The van der Waals surface area contributed by atoms with Crippen molar-refractivity contribution in [1.82, 2.24) is 14.5 Å². The number of sulfonamides is 1. The minimum Gasteiger partial charge on any atom is -0.493 e. The summed E-state index contributed by atoms with van der Waals surface area (Å²) >= 11 is 0. The number of anilines is 1. The number of ether oxygens (including phenoxy) is 3. The normalized spacial score (nSPS) is 14.6. The van der Waals surface area contributed by atoms with Crippen LogP contribution in [0.3, 0.4) is 0 Å². The molecule has 0 atom stereocenters. The number of carbonyl (C=O) groups excluding carboxylic acids is 1. The summed E-state index contributed by atoms with van der Waals surface area (Å²) in [6, 6.07) is 10.7. The molecule has 1 aliphatic rings. The zero-order chi connectivity index (χ0) is 23.4. The van der Waals surface area contributed by atoms with Crippen molar-refractivity contribution in [3.63, 3.8) is 0 Å². The molecular weight excluding hydrogens is 452 g/mol. The second-order valence-electron chi connectivity index (χ2n) is 6.95. The van der Waals surface area contributed by atoms with Gasteiger partial charge in [-0.15, -0.1) is 5.10 Å². The highest BCUT2D eigenvalue weighted by Gasteiger charge is 2.26. The van der Waals surface area contributed by atoms with Crippen LogP contribution in [0.15, 0.2) is 51.8 Å². The molecule has 1 aliphatic heterocycles. The molecule has 0 radical (unpaired) electrons. The predicted octanol–water partition coefficient (Wildman–Crippen LogP) is 2.03. The van der Waals surface area contributed by atoms with Crippen molar-refractivity contribution in [3.05, 3.63) is 48.0 Å². The van der Waals surface area contributed by atoms with Gasteiger partial charge in [-0.25, -0.2) is 8.42 Å². The van der Waals surface area contributed by atoms with Gasteiger partial charge in [0.15, 0.2) is 11.5 Å². The van der Waals surface area contributed by atoms with Crippen molar-refractivity contribution in [2.75, 3.05) is 45.8 Å². The maximum Gasteiger partial charge on any atom is 0.322 e. The minimum atomic E-state index is -3.64. The van der Waals surface area contributed by atoms with E-state index in [0.717, 1.165) is 0 Å². The smallest absolute Gasteiger partial charge is 0.322 e. The minimum absolute atomic E-state index is 0.103. The number of carbonyl (C=O) groups is 1. The van der Waals surface area contributed by atoms with Crippen LogP contribution in [0, 0.1) is 0 Å². The zero-order valence-corrected chi connectivity index (χ0v) is 18.8. The number of nitrogens with one attached hydrogen (secondary N) is 1. The number of hydrogen-bond acceptors (Lipinski definition) is 9. The first-order valence-corrected chi connectivity index (χ1v) is 11.4. The van der Waals surface area contributed by atoms with Gasteiger partial charge in [-0.3, -0.25) is 10.1 Å². The highest BCUT2D eigenvalue weighted by molar-refractivity contribution is 7.89. The molecule has 1 fully saturated rings. The van der Waals surface area contributed by atoms with Crippen LogP contribution in [-0.4, -0.2) is 69.4 Å². The van der Waals surface area contributed by atoms with Gasteiger partial charge in [-0.05, 0) is 36.4 Å². The Morgan fingerprint density at radius 2 is 1.76 bits per heavy atom. The third kappa shape index (κ3) is 4.67. The highest BCUT2D eigenvalue weighted by atomic mass is 32.2. The molecule has 1 N–H and O–H groups in total. The monoisotopic (exact) mass is 474 g/mol. The molecule has 0 aliphatic carbocycles. The van der Waals surface area contributed by atoms with Crippen LogP contribution in [-0.2, 0) is 14.8 Å². The van der Waals surface area contributed by atoms with E-state index in [0.29, 0.717) is 43.4 Å². The van der Waals surface area contributed by atoms with E-state index in [-0.39, 0.29) is 22.4 Å². The molecule has 2 heterocycles. The first kappa shape index (κ1) is 22.7. The third-order valence-corrected chi connectivity index (χ3v) is 6.92. The molecule has 0 saturated carbocycles. The van der Waals surface area contributed by atoms with Gasteiger partial charge in [0.05, 0.1) is 37.9 Å². The Labute approximate surface area is 190 Å². The fourth-order valence-electron chi connectivity index (χ4n) is 3.32. The number of amides is 1. The summed E-state index contributed by atoms with van der Waals surface area (Å²) in [6.07, 6.45) is 0. The molecule has 174 valence electrons. The molecule has 33 heavy (non-hydrogen) atoms. The molecule has 2 aromatic carbocycles. The maximum absolute atomic E-state index is 12.7. The van der Waals surface area contributed by atoms with Gasteiger partial charge < -0.3 is 18.6 Å². The fraction of sp³-hybridized carbons (Fsp3) is 0.286. The van der Waals surface area contributed by atoms with E-state index in [2.05, 4.69) is 15.5 Å². The van der Waals surface area contributed by atoms with Crippen molar-refractivity contribution in [2.45, 2.75) is 4.90 Å². The number of rotatable bonds is 7. The molecule has 12 heteroatoms. The molecule has 1 amide bonds. The Morgan fingerprint density at radius 1 is 1.03 bits per heavy atom. The van der Waals surface area contributed by atoms with Crippen LogP contribution in [0.5, 0.6) is 11.5 Å². The lowest BCUT2D eigenvalue weighted by Crippen LogP contribution is -2.40. The van der Waals surface area contributed by atoms with Gasteiger partial charge in [0, 0.05) is 18.7 Å². The fourth-order valence-corrected chi connectivity index (χ4v) is 4.73. The number of nitrogens with zero attached hydrogens (tertiary/aromatic N) is 3. The van der Waals surface area contributed by atoms with E-state index < -0.39 is 15.9 Å². The van der Waals surface area contributed by atoms with Crippen LogP contribution < -0.4 is 14.8 Å². The molecule has 0 spiro atoms. The maximum atomic E-state index is 12.7. The Morgan fingerprint density at radius 3 is 2.42 bits per heavy atom. The van der Waals surface area contributed by atoms with Crippen molar-refractivity contribution in [3.8, 4) is 23.0 Å². The summed E-state index contributed by atoms with van der Waals surface area (Å²) in [6.45, 7) is 1.30. The average molecular weight is 474 g/mol. The first-order chi connectivity index (χ1) is 15.9. The standard InChI is InChI=1S/C21H22N4O7S/c1-29-17-5-3-4-16(18(17)30-2)20-23-24-21(32-20)22-19(26)14-6-8-15(9-7-14)33(27,28)25-10-12-31-13-11-25/h3-9H,10-13H2,1-2H3,(H,22,24,26). The van der Waals surface area contributed by atoms with E-state index >= 15 is 0 Å². The summed E-state index contributed by atoms with van der Waals surface area (Å²) in [5.74, 6) is 0.510. The van der Waals surface area contributed by atoms with E-state index in [4.69, 9.17) is 18.6 Å². The van der Waals surface area contributed by atoms with E-state index in [1.54, 1.807) is 18.2 Å². The summed E-state index contributed by atoms with van der Waals surface area (Å²) in [7, 11) is -0.643. The SMILES string of the molecule is COc1cccc(-c2nnc(NC(=O)c3ccc(S(=O)(=O)N4CCOCC4)cc3)o2)c1OC. The topological polar surface area (TPSA) is 133 Å². The molecule has 11 nitrogen and oxygen atoms in total. The number of benzene rings is 2. The third-order valence-electron chi connectivity index (χ3n) is 5.00. The summed E-state index contributed by atoms with van der Waals surface area (Å²) in [4.78, 5) is 12.7. The van der Waals surface area contributed by atoms with Gasteiger partial charge in [0.25, 0.3) is 11.8 Å². The van der Waals surface area contributed by atoms with Gasteiger partial charge in [-0.2, -0.15) is 4.31 Å². The molecular formula is C21H22N4O7S. The first-order valence-electron chi connectivity index (χ1n) is 9.98. The van der Waals surface area contributed by atoms with Gasteiger partial charge in [-0.1, -0.05) is 11.2 Å². The average Bonchev–Trinajstić information content (AvgIpc) is 3.32. The number of morpholine rings is 1. The Bertz CT molecular complexity index is 1240. The largest absolute Gasteiger partial charge is 0.493 e. The molecule has 1 saturated heterocycles. The molecule has 0 bridgehead atoms. The second kappa shape index (κ2) is 9.57. The van der Waals surface area contributed by atoms with Gasteiger partial charge >= 0.3 is 6.01 Å². The lowest BCUT2D eigenvalue weighted by Gasteiger charge is -2.26. The molecule has 0 unspecified atom stereocenters. The van der Waals surface area contributed by atoms with Crippen LogP contribution >= 0.6 is 0 Å². The molecule has 4 rings (SSSR count). The van der Waals surface area contributed by atoms with Crippen LogP contribution in [0.2, 0.25) is 0 Å². The zero-order valence-electron chi connectivity index (χ0n) is 18.0.